The molecule has 0 atom stereocenters. The maximum Gasteiger partial charge on any atom is 0.158 e. The number of aryl methyl sites for hydroxylation is 1. The van der Waals surface area contributed by atoms with Gasteiger partial charge in [0.05, 0.1) is 11.4 Å². The molecule has 0 aliphatic heterocycles. The Labute approximate surface area is 411 Å². The molecule has 0 unspecified atom stereocenters. The molecule has 0 saturated carbocycles. The predicted molar refractivity (Wildman–Crippen MR) is 297 cm³/mol. The van der Waals surface area contributed by atoms with Crippen LogP contribution in [0.1, 0.15) is 109 Å². The molecular weight excluding hydrogens is 857 g/mol. The van der Waals surface area contributed by atoms with Gasteiger partial charge in [0.2, 0.25) is 0 Å². The molecule has 0 fully saturated rings. The number of anilines is 5. The largest absolute Gasteiger partial charge is 0.454 e. The number of fused-ring (bicyclic) bond motifs is 7. The van der Waals surface area contributed by atoms with Gasteiger partial charge in [0, 0.05) is 48.9 Å². The Bertz CT molecular complexity index is 3670. The van der Waals surface area contributed by atoms with Gasteiger partial charge in [0.15, 0.2) is 5.58 Å². The second-order valence-electron chi connectivity index (χ2n) is 22.8. The Morgan fingerprint density at radius 2 is 1.09 bits per heavy atom. The summed E-state index contributed by atoms with van der Waals surface area (Å²) in [5.74, 6) is 0. The maximum atomic E-state index is 6.61. The van der Waals surface area contributed by atoms with Crippen molar-refractivity contribution in [2.75, 3.05) is 10.2 Å². The highest BCUT2D eigenvalue weighted by atomic mass is 32.1. The first-order valence-corrected chi connectivity index (χ1v) is 25.9. The van der Waals surface area contributed by atoms with E-state index in [1.807, 2.05) is 17.4 Å². The summed E-state index contributed by atoms with van der Waals surface area (Å²) in [4.78, 5) is 2.63. The number of hydrogen-bond donors (Lipinski definition) is 1. The number of rotatable bonds is 7. The average molecular weight is 919 g/mol. The Morgan fingerprint density at radius 3 is 1.83 bits per heavy atom. The molecule has 344 valence electrons. The number of nitrogens with one attached hydrogen (secondary N) is 1. The van der Waals surface area contributed by atoms with Crippen molar-refractivity contribution in [3.8, 4) is 22.3 Å². The van der Waals surface area contributed by atoms with Gasteiger partial charge in [0.25, 0.3) is 0 Å². The summed E-state index contributed by atoms with van der Waals surface area (Å²) in [6.07, 6.45) is 4.69. The highest BCUT2D eigenvalue weighted by molar-refractivity contribution is 7.17. The Hall–Kier alpha value is -6.62. The van der Waals surface area contributed by atoms with Crippen molar-refractivity contribution in [2.45, 2.75) is 110 Å². The number of nitrogens with zero attached hydrogens (tertiary/aromatic N) is 1. The van der Waals surface area contributed by atoms with Crippen LogP contribution in [0.25, 0.3) is 65.1 Å². The minimum atomic E-state index is 0.0354. The van der Waals surface area contributed by atoms with Gasteiger partial charge < -0.3 is 14.6 Å². The minimum Gasteiger partial charge on any atom is -0.454 e. The highest BCUT2D eigenvalue weighted by Gasteiger charge is 2.40. The lowest BCUT2D eigenvalue weighted by Gasteiger charge is -2.43. The monoisotopic (exact) mass is 918 g/mol. The standard InChI is InChI=1S/C65H62N2OS/c1-40-32-50-52(64(6,7)30-28-62(50,2)3)37-56(40)67(57-39-69-59-38-53-51(36-49(57)59)63(4,5)29-31-65(53,8)9)45-34-43(41-18-11-10-12-19-41)33-44(35-45)60-46-21-14-13-20-42(46)26-27-54(60)66-55-24-17-23-48-47-22-15-16-25-58(47)68-61(48)55/h10-27,32-39,66H,28-31H2,1-9H3. The zero-order valence-corrected chi connectivity index (χ0v) is 42.4. The summed E-state index contributed by atoms with van der Waals surface area (Å²) in [7, 11) is 0. The van der Waals surface area contributed by atoms with Crippen molar-refractivity contribution in [3.63, 3.8) is 0 Å². The van der Waals surface area contributed by atoms with E-state index in [1.54, 1.807) is 0 Å². The van der Waals surface area contributed by atoms with Crippen molar-refractivity contribution in [1.82, 2.24) is 0 Å². The first kappa shape index (κ1) is 43.6. The molecule has 0 spiro atoms. The molecule has 2 heterocycles. The number of thiophene rings is 1. The van der Waals surface area contributed by atoms with Gasteiger partial charge in [-0.25, -0.2) is 0 Å². The molecule has 4 heteroatoms. The van der Waals surface area contributed by atoms with E-state index in [2.05, 4.69) is 224 Å². The Balaban J connectivity index is 1.14. The summed E-state index contributed by atoms with van der Waals surface area (Å²) in [6.45, 7) is 21.9. The normalized spacial score (nSPS) is 16.7. The average Bonchev–Trinajstić information content (AvgIpc) is 3.94. The zero-order chi connectivity index (χ0) is 47.6. The van der Waals surface area contributed by atoms with E-state index in [0.717, 1.165) is 56.5 Å². The van der Waals surface area contributed by atoms with E-state index in [4.69, 9.17) is 4.42 Å². The third-order valence-corrected chi connectivity index (χ3v) is 17.3. The van der Waals surface area contributed by atoms with Crippen LogP contribution < -0.4 is 10.2 Å². The van der Waals surface area contributed by atoms with Crippen LogP contribution in [0.2, 0.25) is 0 Å². The summed E-state index contributed by atoms with van der Waals surface area (Å²) < 4.78 is 7.95. The van der Waals surface area contributed by atoms with Gasteiger partial charge in [-0.15, -0.1) is 11.3 Å². The quantitative estimate of drug-likeness (QED) is 0.173. The molecule has 0 bridgehead atoms. The van der Waals surface area contributed by atoms with E-state index in [1.165, 1.54) is 90.4 Å². The summed E-state index contributed by atoms with van der Waals surface area (Å²) in [5.41, 5.74) is 19.5. The Morgan fingerprint density at radius 1 is 0.478 bits per heavy atom. The summed E-state index contributed by atoms with van der Waals surface area (Å²) in [6, 6.07) is 56.6. The number of hydrogen-bond acceptors (Lipinski definition) is 4. The van der Waals surface area contributed by atoms with Crippen LogP contribution in [-0.2, 0) is 21.7 Å². The van der Waals surface area contributed by atoms with Gasteiger partial charge >= 0.3 is 0 Å². The fourth-order valence-electron chi connectivity index (χ4n) is 12.0. The van der Waals surface area contributed by atoms with Crippen LogP contribution in [0.5, 0.6) is 0 Å². The predicted octanol–water partition coefficient (Wildman–Crippen LogP) is 19.5. The van der Waals surface area contributed by atoms with Crippen molar-refractivity contribution in [2.24, 2.45) is 0 Å². The SMILES string of the molecule is Cc1cc2c(cc1N(c1cc(-c3ccccc3)cc(-c3c(Nc4cccc5c4oc4ccccc45)ccc4ccccc34)c1)c1csc3cc4c(cc13)C(C)(C)CCC4(C)C)C(C)(C)CCC2(C)C. The fourth-order valence-corrected chi connectivity index (χ4v) is 12.9. The summed E-state index contributed by atoms with van der Waals surface area (Å²) >= 11 is 1.89. The number of para-hydroxylation sites is 2. The third-order valence-electron chi connectivity index (χ3n) is 16.4. The van der Waals surface area contributed by atoms with E-state index < -0.39 is 0 Å². The topological polar surface area (TPSA) is 28.4 Å². The lowest BCUT2D eigenvalue weighted by Crippen LogP contribution is -2.34. The lowest BCUT2D eigenvalue weighted by atomic mass is 9.62. The molecule has 2 aliphatic carbocycles. The smallest absolute Gasteiger partial charge is 0.158 e. The van der Waals surface area contributed by atoms with E-state index in [9.17, 15) is 0 Å². The highest BCUT2D eigenvalue weighted by Crippen LogP contribution is 2.54. The van der Waals surface area contributed by atoms with Crippen LogP contribution in [0.3, 0.4) is 0 Å². The minimum absolute atomic E-state index is 0.0354. The van der Waals surface area contributed by atoms with Gasteiger partial charge in [-0.2, -0.15) is 0 Å². The van der Waals surface area contributed by atoms with Gasteiger partial charge in [0.1, 0.15) is 5.58 Å². The van der Waals surface area contributed by atoms with Crippen LogP contribution in [0.15, 0.2) is 161 Å². The second-order valence-corrected chi connectivity index (χ2v) is 23.7. The molecule has 0 amide bonds. The third kappa shape index (κ3) is 7.20. The van der Waals surface area contributed by atoms with Crippen molar-refractivity contribution < 1.29 is 4.42 Å². The first-order chi connectivity index (χ1) is 33.1. The van der Waals surface area contributed by atoms with Crippen molar-refractivity contribution in [1.29, 1.82) is 0 Å². The number of benzene rings is 8. The lowest BCUT2D eigenvalue weighted by molar-refractivity contribution is 0.332. The fraction of sp³-hybridized carbons (Fsp3) is 0.262. The van der Waals surface area contributed by atoms with E-state index in [0.29, 0.717) is 0 Å². The molecule has 3 nitrogen and oxygen atoms in total. The molecule has 1 N–H and O–H groups in total. The van der Waals surface area contributed by atoms with E-state index in [-0.39, 0.29) is 21.7 Å². The molecule has 8 aromatic carbocycles. The van der Waals surface area contributed by atoms with Crippen LogP contribution in [-0.4, -0.2) is 0 Å². The van der Waals surface area contributed by atoms with Crippen LogP contribution in [0.4, 0.5) is 28.4 Å². The molecule has 0 radical (unpaired) electrons. The van der Waals surface area contributed by atoms with Gasteiger partial charge in [-0.05, 0) is 164 Å². The van der Waals surface area contributed by atoms with Crippen LogP contribution >= 0.6 is 11.3 Å². The van der Waals surface area contributed by atoms with Crippen molar-refractivity contribution in [3.05, 3.63) is 185 Å². The molecule has 12 rings (SSSR count). The molecular formula is C65H62N2OS. The molecule has 0 saturated heterocycles. The molecule has 2 aromatic heterocycles. The van der Waals surface area contributed by atoms with E-state index >= 15 is 0 Å². The maximum absolute atomic E-state index is 6.61. The van der Waals surface area contributed by atoms with Gasteiger partial charge in [-0.3, -0.25) is 0 Å². The second kappa shape index (κ2) is 15.7. The van der Waals surface area contributed by atoms with Crippen molar-refractivity contribution >= 4 is 82.6 Å². The number of furan rings is 1. The Kier molecular flexibility index (Phi) is 9.93. The summed E-state index contributed by atoms with van der Waals surface area (Å²) in [5, 5.41) is 12.3. The first-order valence-electron chi connectivity index (χ1n) is 25.0. The molecule has 10 aromatic rings. The molecule has 2 aliphatic rings. The molecule has 69 heavy (non-hydrogen) atoms. The van der Waals surface area contributed by atoms with Gasteiger partial charge in [-0.1, -0.05) is 152 Å². The van der Waals surface area contributed by atoms with Crippen LogP contribution in [0, 0.1) is 6.92 Å². The zero-order valence-electron chi connectivity index (χ0n) is 41.6.